The van der Waals surface area contributed by atoms with Crippen molar-refractivity contribution in [1.82, 2.24) is 5.43 Å². The number of nitrogens with one attached hydrogen (secondary N) is 1. The highest BCUT2D eigenvalue weighted by molar-refractivity contribution is 6.30. The maximum Gasteiger partial charge on any atom is 0.343 e. The molecule has 0 fully saturated rings. The highest BCUT2D eigenvalue weighted by atomic mass is 35.5. The van der Waals surface area contributed by atoms with Crippen molar-refractivity contribution in [3.8, 4) is 11.5 Å². The largest absolute Gasteiger partial charge is 0.488 e. The lowest BCUT2D eigenvalue weighted by Gasteiger charge is -2.12. The zero-order valence-corrected chi connectivity index (χ0v) is 22.5. The zero-order chi connectivity index (χ0) is 27.9. The van der Waals surface area contributed by atoms with Crippen LogP contribution in [0.3, 0.4) is 0 Å². The van der Waals surface area contributed by atoms with E-state index in [1.807, 2.05) is 42.5 Å². The van der Waals surface area contributed by atoms with Crippen LogP contribution >= 0.6 is 23.2 Å². The fourth-order valence-corrected chi connectivity index (χ4v) is 4.23. The molecule has 0 saturated carbocycles. The predicted octanol–water partition coefficient (Wildman–Crippen LogP) is 7.71. The van der Waals surface area contributed by atoms with E-state index in [4.69, 9.17) is 32.7 Å². The fourth-order valence-electron chi connectivity index (χ4n) is 3.98. The Morgan fingerprint density at radius 3 is 2.20 bits per heavy atom. The molecule has 5 rings (SSSR count). The van der Waals surface area contributed by atoms with E-state index in [2.05, 4.69) is 10.5 Å². The second-order valence-electron chi connectivity index (χ2n) is 8.71. The molecular weight excluding hydrogens is 547 g/mol. The van der Waals surface area contributed by atoms with Crippen molar-refractivity contribution in [2.24, 2.45) is 5.10 Å². The first kappa shape index (κ1) is 26.9. The minimum Gasteiger partial charge on any atom is -0.488 e. The molecular formula is C32H22Cl2N2O4. The SMILES string of the molecule is O=C(Oc1ccc2ccccc2c1/C=N\NC(=O)c1ccccc1OCc1ccc(Cl)cc1)c1ccc(Cl)cc1. The molecule has 0 radical (unpaired) electrons. The summed E-state index contributed by atoms with van der Waals surface area (Å²) in [6.07, 6.45) is 1.46. The first-order chi connectivity index (χ1) is 19.5. The van der Waals surface area contributed by atoms with Gasteiger partial charge < -0.3 is 9.47 Å². The summed E-state index contributed by atoms with van der Waals surface area (Å²) >= 11 is 11.9. The smallest absolute Gasteiger partial charge is 0.343 e. The normalized spacial score (nSPS) is 10.9. The minimum atomic E-state index is -0.544. The summed E-state index contributed by atoms with van der Waals surface area (Å²) in [6, 6.07) is 31.7. The summed E-state index contributed by atoms with van der Waals surface area (Å²) in [5.41, 5.74) is 4.67. The van der Waals surface area contributed by atoms with Gasteiger partial charge in [-0.05, 0) is 70.9 Å². The van der Waals surface area contributed by atoms with Crippen LogP contribution in [0.15, 0.2) is 114 Å². The van der Waals surface area contributed by atoms with Gasteiger partial charge in [0, 0.05) is 15.6 Å². The van der Waals surface area contributed by atoms with Crippen LogP contribution in [0.4, 0.5) is 0 Å². The Balaban J connectivity index is 1.35. The van der Waals surface area contributed by atoms with Crippen LogP contribution < -0.4 is 14.9 Å². The molecule has 1 N–H and O–H groups in total. The van der Waals surface area contributed by atoms with E-state index in [0.29, 0.717) is 38.2 Å². The number of carbonyl (C=O) groups excluding carboxylic acids is 2. The van der Waals surface area contributed by atoms with E-state index in [1.54, 1.807) is 66.7 Å². The minimum absolute atomic E-state index is 0.267. The number of nitrogens with zero attached hydrogens (tertiary/aromatic N) is 1. The van der Waals surface area contributed by atoms with Gasteiger partial charge in [-0.2, -0.15) is 5.10 Å². The van der Waals surface area contributed by atoms with E-state index in [-0.39, 0.29) is 6.61 Å². The Kier molecular flexibility index (Phi) is 8.40. The van der Waals surface area contributed by atoms with Gasteiger partial charge in [0.15, 0.2) is 0 Å². The average Bonchev–Trinajstić information content (AvgIpc) is 2.98. The van der Waals surface area contributed by atoms with Gasteiger partial charge in [0.2, 0.25) is 0 Å². The number of amides is 1. The van der Waals surface area contributed by atoms with Gasteiger partial charge in [-0.25, -0.2) is 10.2 Å². The molecule has 0 bridgehead atoms. The summed E-state index contributed by atoms with van der Waals surface area (Å²) in [4.78, 5) is 25.8. The summed E-state index contributed by atoms with van der Waals surface area (Å²) in [5.74, 6) is -0.295. The number of carbonyl (C=O) groups is 2. The number of ether oxygens (including phenoxy) is 2. The monoisotopic (exact) mass is 568 g/mol. The van der Waals surface area contributed by atoms with E-state index in [9.17, 15) is 9.59 Å². The molecule has 6 nitrogen and oxygen atoms in total. The van der Waals surface area contributed by atoms with Gasteiger partial charge in [0.05, 0.1) is 17.3 Å². The topological polar surface area (TPSA) is 77.0 Å². The van der Waals surface area contributed by atoms with Crippen LogP contribution in [0, 0.1) is 0 Å². The molecule has 198 valence electrons. The molecule has 0 aliphatic heterocycles. The highest BCUT2D eigenvalue weighted by Crippen LogP contribution is 2.28. The van der Waals surface area contributed by atoms with Crippen molar-refractivity contribution < 1.29 is 19.1 Å². The predicted molar refractivity (Wildman–Crippen MR) is 158 cm³/mol. The molecule has 1 amide bonds. The van der Waals surface area contributed by atoms with Gasteiger partial charge in [0.25, 0.3) is 5.91 Å². The van der Waals surface area contributed by atoms with Gasteiger partial charge >= 0.3 is 5.97 Å². The van der Waals surface area contributed by atoms with Gasteiger partial charge in [0.1, 0.15) is 18.1 Å². The van der Waals surface area contributed by atoms with Crippen LogP contribution in [0.1, 0.15) is 31.8 Å². The van der Waals surface area contributed by atoms with Crippen LogP contribution in [0.25, 0.3) is 10.8 Å². The standard InChI is InChI=1S/C32H22Cl2N2O4/c33-24-14-9-21(10-15-24)20-39-29-8-4-3-7-27(29)31(37)36-35-19-28-26-6-2-1-5-22(26)13-18-30(28)40-32(38)23-11-16-25(34)17-12-23/h1-19H,20H2,(H,36,37)/b35-19-. The molecule has 0 atom stereocenters. The Bertz CT molecular complexity index is 1700. The van der Waals surface area contributed by atoms with Crippen molar-refractivity contribution in [2.75, 3.05) is 0 Å². The molecule has 40 heavy (non-hydrogen) atoms. The number of rotatable bonds is 8. The van der Waals surface area contributed by atoms with Crippen molar-refractivity contribution in [1.29, 1.82) is 0 Å². The molecule has 0 saturated heterocycles. The molecule has 0 unspecified atom stereocenters. The quantitative estimate of drug-likeness (QED) is 0.0899. The molecule has 8 heteroatoms. The van der Waals surface area contributed by atoms with E-state index in [0.717, 1.165) is 16.3 Å². The number of hydrogen-bond acceptors (Lipinski definition) is 5. The van der Waals surface area contributed by atoms with Crippen molar-refractivity contribution in [3.63, 3.8) is 0 Å². The second-order valence-corrected chi connectivity index (χ2v) is 9.58. The van der Waals surface area contributed by atoms with Gasteiger partial charge in [-0.1, -0.05) is 77.8 Å². The Labute approximate surface area is 240 Å². The molecule has 0 spiro atoms. The fraction of sp³-hybridized carbons (Fsp3) is 0.0312. The second kappa shape index (κ2) is 12.5. The zero-order valence-electron chi connectivity index (χ0n) is 21.0. The van der Waals surface area contributed by atoms with Crippen LogP contribution in [-0.2, 0) is 6.61 Å². The van der Waals surface area contributed by atoms with E-state index in [1.165, 1.54) is 6.21 Å². The number of benzene rings is 5. The van der Waals surface area contributed by atoms with Crippen LogP contribution in [0.2, 0.25) is 10.0 Å². The lowest BCUT2D eigenvalue weighted by atomic mass is 10.0. The Morgan fingerprint density at radius 1 is 0.750 bits per heavy atom. The average molecular weight is 569 g/mol. The van der Waals surface area contributed by atoms with Crippen LogP contribution in [-0.4, -0.2) is 18.1 Å². The molecule has 0 heterocycles. The summed E-state index contributed by atoms with van der Waals surface area (Å²) in [7, 11) is 0. The van der Waals surface area contributed by atoms with E-state index < -0.39 is 11.9 Å². The Hall–Kier alpha value is -4.65. The molecule has 0 aliphatic carbocycles. The summed E-state index contributed by atoms with van der Waals surface area (Å²) in [6.45, 7) is 0.267. The third kappa shape index (κ3) is 6.49. The lowest BCUT2D eigenvalue weighted by Crippen LogP contribution is -2.19. The third-order valence-electron chi connectivity index (χ3n) is 6.01. The van der Waals surface area contributed by atoms with E-state index >= 15 is 0 Å². The highest BCUT2D eigenvalue weighted by Gasteiger charge is 2.15. The number of hydrogen-bond donors (Lipinski definition) is 1. The van der Waals surface area contributed by atoms with Gasteiger partial charge in [-0.3, -0.25) is 4.79 Å². The number of hydrazone groups is 1. The van der Waals surface area contributed by atoms with Gasteiger partial charge in [-0.15, -0.1) is 0 Å². The number of esters is 1. The Morgan fingerprint density at radius 2 is 1.43 bits per heavy atom. The van der Waals surface area contributed by atoms with Crippen molar-refractivity contribution in [2.45, 2.75) is 6.61 Å². The van der Waals surface area contributed by atoms with Crippen LogP contribution in [0.5, 0.6) is 11.5 Å². The van der Waals surface area contributed by atoms with Crippen molar-refractivity contribution >= 4 is 52.1 Å². The summed E-state index contributed by atoms with van der Waals surface area (Å²) < 4.78 is 11.6. The molecule has 5 aromatic carbocycles. The lowest BCUT2D eigenvalue weighted by molar-refractivity contribution is 0.0734. The number of para-hydroxylation sites is 1. The molecule has 5 aromatic rings. The molecule has 0 aromatic heterocycles. The molecule has 0 aliphatic rings. The number of halogens is 2. The first-order valence-electron chi connectivity index (χ1n) is 12.3. The first-order valence-corrected chi connectivity index (χ1v) is 13.0. The maximum absolute atomic E-state index is 13.0. The number of fused-ring (bicyclic) bond motifs is 1. The maximum atomic E-state index is 13.0. The van der Waals surface area contributed by atoms with Crippen molar-refractivity contribution in [3.05, 3.63) is 141 Å². The summed E-state index contributed by atoms with van der Waals surface area (Å²) in [5, 5.41) is 7.06. The third-order valence-corrected chi connectivity index (χ3v) is 6.52.